The SMILES string of the molecule is CCC(NCCc1nc(C)cs1)C(C)C. The molecule has 1 atom stereocenters. The van der Waals surface area contributed by atoms with Gasteiger partial charge < -0.3 is 5.32 Å². The molecular formula is C12H22N2S. The molecule has 0 aliphatic rings. The first-order chi connectivity index (χ1) is 7.13. The molecule has 1 rings (SSSR count). The maximum atomic E-state index is 4.46. The number of aromatic nitrogens is 1. The molecule has 1 aromatic heterocycles. The van der Waals surface area contributed by atoms with Gasteiger partial charge in [-0.15, -0.1) is 11.3 Å². The summed E-state index contributed by atoms with van der Waals surface area (Å²) in [5, 5.41) is 6.96. The van der Waals surface area contributed by atoms with Gasteiger partial charge in [0, 0.05) is 30.1 Å². The van der Waals surface area contributed by atoms with Gasteiger partial charge in [0.1, 0.15) is 0 Å². The van der Waals surface area contributed by atoms with Gasteiger partial charge in [-0.05, 0) is 19.3 Å². The van der Waals surface area contributed by atoms with Crippen LogP contribution >= 0.6 is 11.3 Å². The van der Waals surface area contributed by atoms with Crippen molar-refractivity contribution < 1.29 is 0 Å². The van der Waals surface area contributed by atoms with Crippen molar-refractivity contribution in [2.45, 2.75) is 46.6 Å². The zero-order chi connectivity index (χ0) is 11.3. The second-order valence-corrected chi connectivity index (χ2v) is 5.29. The summed E-state index contributed by atoms with van der Waals surface area (Å²) in [6.45, 7) is 9.88. The lowest BCUT2D eigenvalue weighted by Crippen LogP contribution is -2.34. The maximum Gasteiger partial charge on any atom is 0.0940 e. The van der Waals surface area contributed by atoms with Gasteiger partial charge in [-0.2, -0.15) is 0 Å². The molecule has 1 unspecified atom stereocenters. The number of thiazole rings is 1. The van der Waals surface area contributed by atoms with Crippen LogP contribution in [0.2, 0.25) is 0 Å². The first kappa shape index (κ1) is 12.7. The van der Waals surface area contributed by atoms with Crippen molar-refractivity contribution in [3.8, 4) is 0 Å². The minimum absolute atomic E-state index is 0.644. The number of hydrogen-bond donors (Lipinski definition) is 1. The molecular weight excluding hydrogens is 204 g/mol. The lowest BCUT2D eigenvalue weighted by atomic mass is 10.0. The predicted molar refractivity (Wildman–Crippen MR) is 67.5 cm³/mol. The number of aryl methyl sites for hydroxylation is 1. The Balaban J connectivity index is 2.26. The fourth-order valence-corrected chi connectivity index (χ4v) is 2.51. The van der Waals surface area contributed by atoms with Crippen LogP contribution in [0.25, 0.3) is 0 Å². The van der Waals surface area contributed by atoms with Gasteiger partial charge >= 0.3 is 0 Å². The maximum absolute atomic E-state index is 4.46. The molecule has 1 N–H and O–H groups in total. The van der Waals surface area contributed by atoms with Gasteiger partial charge in [0.25, 0.3) is 0 Å². The first-order valence-electron chi connectivity index (χ1n) is 5.77. The summed E-state index contributed by atoms with van der Waals surface area (Å²) < 4.78 is 0. The summed E-state index contributed by atoms with van der Waals surface area (Å²) in [5.41, 5.74) is 1.14. The van der Waals surface area contributed by atoms with Crippen LogP contribution < -0.4 is 5.32 Å². The molecule has 0 aromatic carbocycles. The standard InChI is InChI=1S/C12H22N2S/c1-5-11(9(2)3)13-7-6-12-14-10(4)8-15-12/h8-9,11,13H,5-7H2,1-4H3. The van der Waals surface area contributed by atoms with Gasteiger partial charge in [0.05, 0.1) is 5.01 Å². The molecule has 1 aromatic rings. The molecule has 0 saturated heterocycles. The van der Waals surface area contributed by atoms with E-state index in [4.69, 9.17) is 0 Å². The van der Waals surface area contributed by atoms with Crippen LogP contribution in [0.4, 0.5) is 0 Å². The molecule has 0 amide bonds. The van der Waals surface area contributed by atoms with Gasteiger partial charge in [-0.1, -0.05) is 20.8 Å². The molecule has 3 heteroatoms. The van der Waals surface area contributed by atoms with E-state index >= 15 is 0 Å². The number of hydrogen-bond acceptors (Lipinski definition) is 3. The van der Waals surface area contributed by atoms with Crippen molar-refractivity contribution in [3.05, 3.63) is 16.1 Å². The fraction of sp³-hybridized carbons (Fsp3) is 0.750. The van der Waals surface area contributed by atoms with Crippen LogP contribution in [-0.2, 0) is 6.42 Å². The lowest BCUT2D eigenvalue weighted by Gasteiger charge is -2.20. The van der Waals surface area contributed by atoms with E-state index in [9.17, 15) is 0 Å². The Kier molecular flexibility index (Phi) is 5.26. The van der Waals surface area contributed by atoms with E-state index in [-0.39, 0.29) is 0 Å². The lowest BCUT2D eigenvalue weighted by molar-refractivity contribution is 0.391. The first-order valence-corrected chi connectivity index (χ1v) is 6.65. The van der Waals surface area contributed by atoms with Crippen molar-refractivity contribution in [1.82, 2.24) is 10.3 Å². The van der Waals surface area contributed by atoms with E-state index in [2.05, 4.69) is 43.4 Å². The molecule has 0 radical (unpaired) electrons. The summed E-state index contributed by atoms with van der Waals surface area (Å²) >= 11 is 1.77. The van der Waals surface area contributed by atoms with Crippen molar-refractivity contribution in [2.75, 3.05) is 6.54 Å². The second-order valence-electron chi connectivity index (χ2n) is 4.35. The van der Waals surface area contributed by atoms with E-state index in [1.807, 2.05) is 0 Å². The van der Waals surface area contributed by atoms with E-state index in [0.717, 1.165) is 18.7 Å². The normalized spacial score (nSPS) is 13.4. The summed E-state index contributed by atoms with van der Waals surface area (Å²) in [6, 6.07) is 0.644. The highest BCUT2D eigenvalue weighted by atomic mass is 32.1. The molecule has 86 valence electrons. The molecule has 0 aliphatic carbocycles. The highest BCUT2D eigenvalue weighted by Gasteiger charge is 2.09. The topological polar surface area (TPSA) is 24.9 Å². The molecule has 0 spiro atoms. The third kappa shape index (κ3) is 4.31. The average molecular weight is 226 g/mol. The van der Waals surface area contributed by atoms with Crippen LogP contribution in [0.5, 0.6) is 0 Å². The van der Waals surface area contributed by atoms with Crippen LogP contribution in [0.3, 0.4) is 0 Å². The third-order valence-corrected chi connectivity index (χ3v) is 3.68. The Bertz CT molecular complexity index is 281. The van der Waals surface area contributed by atoms with Gasteiger partial charge in [-0.25, -0.2) is 4.98 Å². The van der Waals surface area contributed by atoms with Gasteiger partial charge in [0.15, 0.2) is 0 Å². The van der Waals surface area contributed by atoms with E-state index in [1.165, 1.54) is 11.4 Å². The summed E-state index contributed by atoms with van der Waals surface area (Å²) in [7, 11) is 0. The summed E-state index contributed by atoms with van der Waals surface area (Å²) in [4.78, 5) is 4.46. The minimum atomic E-state index is 0.644. The Labute approximate surface area is 97.1 Å². The van der Waals surface area contributed by atoms with Crippen molar-refractivity contribution in [2.24, 2.45) is 5.92 Å². The quantitative estimate of drug-likeness (QED) is 0.806. The minimum Gasteiger partial charge on any atom is -0.313 e. The second kappa shape index (κ2) is 6.23. The largest absolute Gasteiger partial charge is 0.313 e. The molecule has 1 heterocycles. The van der Waals surface area contributed by atoms with Crippen molar-refractivity contribution >= 4 is 11.3 Å². The van der Waals surface area contributed by atoms with Crippen molar-refractivity contribution in [1.29, 1.82) is 0 Å². The Morgan fingerprint density at radius 2 is 2.20 bits per heavy atom. The number of rotatable bonds is 6. The molecule has 0 aliphatic heterocycles. The molecule has 0 bridgehead atoms. The zero-order valence-electron chi connectivity index (χ0n) is 10.2. The zero-order valence-corrected chi connectivity index (χ0v) is 11.0. The Hall–Kier alpha value is -0.410. The molecule has 0 saturated carbocycles. The van der Waals surface area contributed by atoms with Crippen molar-refractivity contribution in [3.63, 3.8) is 0 Å². The predicted octanol–water partition coefficient (Wildman–Crippen LogP) is 3.02. The molecule has 15 heavy (non-hydrogen) atoms. The van der Waals surface area contributed by atoms with Crippen LogP contribution in [0, 0.1) is 12.8 Å². The monoisotopic (exact) mass is 226 g/mol. The van der Waals surface area contributed by atoms with E-state index in [1.54, 1.807) is 11.3 Å². The third-order valence-electron chi connectivity index (χ3n) is 2.66. The van der Waals surface area contributed by atoms with E-state index in [0.29, 0.717) is 12.0 Å². The van der Waals surface area contributed by atoms with Crippen LogP contribution in [0.1, 0.15) is 37.9 Å². The van der Waals surface area contributed by atoms with Gasteiger partial charge in [-0.3, -0.25) is 0 Å². The number of nitrogens with zero attached hydrogens (tertiary/aromatic N) is 1. The summed E-state index contributed by atoms with van der Waals surface area (Å²) in [6.07, 6.45) is 2.26. The summed E-state index contributed by atoms with van der Waals surface area (Å²) in [5.74, 6) is 0.716. The molecule has 2 nitrogen and oxygen atoms in total. The highest BCUT2D eigenvalue weighted by molar-refractivity contribution is 7.09. The molecule has 0 fully saturated rings. The fourth-order valence-electron chi connectivity index (χ4n) is 1.73. The Morgan fingerprint density at radius 3 is 2.67 bits per heavy atom. The number of nitrogens with one attached hydrogen (secondary N) is 1. The Morgan fingerprint density at radius 1 is 1.47 bits per heavy atom. The van der Waals surface area contributed by atoms with Gasteiger partial charge in [0.2, 0.25) is 0 Å². The van der Waals surface area contributed by atoms with Crippen LogP contribution in [0.15, 0.2) is 5.38 Å². The average Bonchev–Trinajstić information content (AvgIpc) is 2.58. The van der Waals surface area contributed by atoms with E-state index < -0.39 is 0 Å². The smallest absolute Gasteiger partial charge is 0.0940 e. The van der Waals surface area contributed by atoms with Crippen LogP contribution in [-0.4, -0.2) is 17.6 Å². The highest BCUT2D eigenvalue weighted by Crippen LogP contribution is 2.09.